The molecule has 0 radical (unpaired) electrons. The number of nitrogens with zero attached hydrogens (tertiary/aromatic N) is 2. The first-order valence-corrected chi connectivity index (χ1v) is 8.63. The summed E-state index contributed by atoms with van der Waals surface area (Å²) in [6.45, 7) is 6.01. The largest absolute Gasteiger partial charge is 0.354 e. The molecule has 0 bridgehead atoms. The maximum atomic E-state index is 12.2. The summed E-state index contributed by atoms with van der Waals surface area (Å²) < 4.78 is 0. The molecule has 1 unspecified atom stereocenters. The standard InChI is InChI=1S/C20H25N3O/c1-15-6-7-17(13-16(15)2)8-9-20(24)22-18-10-12-23(14-18)19-5-3-4-11-21-19/h3-7,11,13,18H,8-10,12,14H2,1-2H3,(H,22,24). The predicted molar refractivity (Wildman–Crippen MR) is 97.2 cm³/mol. The number of pyridine rings is 1. The number of rotatable bonds is 5. The molecule has 1 aromatic heterocycles. The molecular weight excluding hydrogens is 298 g/mol. The minimum absolute atomic E-state index is 0.140. The number of hydrogen-bond acceptors (Lipinski definition) is 3. The number of anilines is 1. The Labute approximate surface area is 143 Å². The van der Waals surface area contributed by atoms with Crippen LogP contribution in [0.5, 0.6) is 0 Å². The Morgan fingerprint density at radius 1 is 1.25 bits per heavy atom. The lowest BCUT2D eigenvalue weighted by Gasteiger charge is -2.17. The second-order valence-corrected chi connectivity index (χ2v) is 6.61. The van der Waals surface area contributed by atoms with Gasteiger partial charge in [0.25, 0.3) is 0 Å². The molecule has 4 nitrogen and oxygen atoms in total. The average Bonchev–Trinajstić information content (AvgIpc) is 3.05. The molecular formula is C20H25N3O. The van der Waals surface area contributed by atoms with Gasteiger partial charge in [0.1, 0.15) is 5.82 Å². The molecule has 1 amide bonds. The zero-order valence-corrected chi connectivity index (χ0v) is 14.5. The molecule has 1 saturated heterocycles. The van der Waals surface area contributed by atoms with Crippen molar-refractivity contribution in [1.29, 1.82) is 0 Å². The van der Waals surface area contributed by atoms with Crippen molar-refractivity contribution in [2.75, 3.05) is 18.0 Å². The molecule has 0 saturated carbocycles. The van der Waals surface area contributed by atoms with Crippen molar-refractivity contribution in [2.45, 2.75) is 39.2 Å². The molecule has 24 heavy (non-hydrogen) atoms. The zero-order valence-electron chi connectivity index (χ0n) is 14.5. The first kappa shape index (κ1) is 16.5. The van der Waals surface area contributed by atoms with Gasteiger partial charge in [0.15, 0.2) is 0 Å². The lowest BCUT2D eigenvalue weighted by Crippen LogP contribution is -2.37. The van der Waals surface area contributed by atoms with E-state index in [4.69, 9.17) is 0 Å². The van der Waals surface area contributed by atoms with E-state index in [0.29, 0.717) is 6.42 Å². The lowest BCUT2D eigenvalue weighted by molar-refractivity contribution is -0.121. The van der Waals surface area contributed by atoms with E-state index >= 15 is 0 Å². The van der Waals surface area contributed by atoms with Crippen LogP contribution in [0.3, 0.4) is 0 Å². The minimum Gasteiger partial charge on any atom is -0.354 e. The van der Waals surface area contributed by atoms with Crippen molar-refractivity contribution in [3.63, 3.8) is 0 Å². The predicted octanol–water partition coefficient (Wildman–Crippen LogP) is 3.03. The molecule has 4 heteroatoms. The van der Waals surface area contributed by atoms with E-state index in [1.807, 2.05) is 24.4 Å². The van der Waals surface area contributed by atoms with Gasteiger partial charge in [0.05, 0.1) is 0 Å². The highest BCUT2D eigenvalue weighted by atomic mass is 16.1. The van der Waals surface area contributed by atoms with Gasteiger partial charge in [-0.1, -0.05) is 24.3 Å². The van der Waals surface area contributed by atoms with Crippen molar-refractivity contribution in [3.05, 3.63) is 59.3 Å². The quantitative estimate of drug-likeness (QED) is 0.920. The Bertz CT molecular complexity index is 699. The van der Waals surface area contributed by atoms with Gasteiger partial charge >= 0.3 is 0 Å². The summed E-state index contributed by atoms with van der Waals surface area (Å²) in [5.41, 5.74) is 3.81. The van der Waals surface area contributed by atoms with Crippen LogP contribution in [-0.4, -0.2) is 30.0 Å². The van der Waals surface area contributed by atoms with Crippen LogP contribution in [0, 0.1) is 13.8 Å². The van der Waals surface area contributed by atoms with Gasteiger partial charge < -0.3 is 10.2 Å². The van der Waals surface area contributed by atoms with Gasteiger partial charge in [-0.2, -0.15) is 0 Å². The maximum absolute atomic E-state index is 12.2. The molecule has 2 heterocycles. The van der Waals surface area contributed by atoms with E-state index in [2.05, 4.69) is 47.2 Å². The van der Waals surface area contributed by atoms with Gasteiger partial charge in [-0.15, -0.1) is 0 Å². The Hall–Kier alpha value is -2.36. The van der Waals surface area contributed by atoms with Crippen LogP contribution >= 0.6 is 0 Å². The van der Waals surface area contributed by atoms with E-state index < -0.39 is 0 Å². The monoisotopic (exact) mass is 323 g/mol. The van der Waals surface area contributed by atoms with Crippen LogP contribution in [0.2, 0.25) is 0 Å². The summed E-state index contributed by atoms with van der Waals surface area (Å²) in [5, 5.41) is 3.17. The van der Waals surface area contributed by atoms with E-state index in [1.165, 1.54) is 16.7 Å². The number of amides is 1. The molecule has 2 aromatic rings. The second kappa shape index (κ2) is 7.47. The number of benzene rings is 1. The van der Waals surface area contributed by atoms with Crippen molar-refractivity contribution in [1.82, 2.24) is 10.3 Å². The fourth-order valence-electron chi connectivity index (χ4n) is 3.14. The van der Waals surface area contributed by atoms with Gasteiger partial charge in [-0.05, 0) is 55.5 Å². The molecule has 1 fully saturated rings. The molecule has 1 atom stereocenters. The summed E-state index contributed by atoms with van der Waals surface area (Å²) in [7, 11) is 0. The average molecular weight is 323 g/mol. The topological polar surface area (TPSA) is 45.2 Å². The third-order valence-electron chi connectivity index (χ3n) is 4.74. The SMILES string of the molecule is Cc1ccc(CCC(=O)NC2CCN(c3ccccn3)C2)cc1C. The summed E-state index contributed by atoms with van der Waals surface area (Å²) in [4.78, 5) is 18.8. The van der Waals surface area contributed by atoms with Crippen molar-refractivity contribution in [3.8, 4) is 0 Å². The number of aryl methyl sites for hydroxylation is 3. The Balaban J connectivity index is 1.46. The van der Waals surface area contributed by atoms with Crippen LogP contribution in [-0.2, 0) is 11.2 Å². The Morgan fingerprint density at radius 3 is 2.88 bits per heavy atom. The number of carbonyl (C=O) groups is 1. The highest BCUT2D eigenvalue weighted by Gasteiger charge is 2.24. The van der Waals surface area contributed by atoms with Crippen LogP contribution in [0.15, 0.2) is 42.6 Å². The molecule has 0 spiro atoms. The summed E-state index contributed by atoms with van der Waals surface area (Å²) in [5.74, 6) is 1.13. The van der Waals surface area contributed by atoms with E-state index in [1.54, 1.807) is 0 Å². The summed E-state index contributed by atoms with van der Waals surface area (Å²) in [6, 6.07) is 12.6. The van der Waals surface area contributed by atoms with E-state index in [0.717, 1.165) is 31.7 Å². The summed E-state index contributed by atoms with van der Waals surface area (Å²) in [6.07, 6.45) is 4.13. The summed E-state index contributed by atoms with van der Waals surface area (Å²) >= 11 is 0. The fourth-order valence-corrected chi connectivity index (χ4v) is 3.14. The van der Waals surface area contributed by atoms with Crippen molar-refractivity contribution < 1.29 is 4.79 Å². The second-order valence-electron chi connectivity index (χ2n) is 6.61. The molecule has 126 valence electrons. The third kappa shape index (κ3) is 4.13. The van der Waals surface area contributed by atoms with Gasteiger partial charge in [-0.25, -0.2) is 4.98 Å². The van der Waals surface area contributed by atoms with Crippen molar-refractivity contribution >= 4 is 11.7 Å². The Morgan fingerprint density at radius 2 is 2.12 bits per heavy atom. The first-order chi connectivity index (χ1) is 11.6. The Kier molecular flexibility index (Phi) is 5.14. The van der Waals surface area contributed by atoms with E-state index in [9.17, 15) is 4.79 Å². The number of hydrogen-bond donors (Lipinski definition) is 1. The highest BCUT2D eigenvalue weighted by Crippen LogP contribution is 2.17. The lowest BCUT2D eigenvalue weighted by atomic mass is 10.0. The van der Waals surface area contributed by atoms with Crippen LogP contribution in [0.1, 0.15) is 29.5 Å². The van der Waals surface area contributed by atoms with Crippen LogP contribution in [0.4, 0.5) is 5.82 Å². The minimum atomic E-state index is 0.140. The maximum Gasteiger partial charge on any atom is 0.220 e. The fraction of sp³-hybridized carbons (Fsp3) is 0.400. The first-order valence-electron chi connectivity index (χ1n) is 8.63. The normalized spacial score (nSPS) is 17.1. The number of nitrogens with one attached hydrogen (secondary N) is 1. The smallest absolute Gasteiger partial charge is 0.220 e. The molecule has 1 aliphatic heterocycles. The van der Waals surface area contributed by atoms with E-state index in [-0.39, 0.29) is 11.9 Å². The van der Waals surface area contributed by atoms with Gasteiger partial charge in [0, 0.05) is 31.7 Å². The highest BCUT2D eigenvalue weighted by molar-refractivity contribution is 5.76. The molecule has 0 aliphatic carbocycles. The van der Waals surface area contributed by atoms with Crippen LogP contribution < -0.4 is 10.2 Å². The van der Waals surface area contributed by atoms with Gasteiger partial charge in [0.2, 0.25) is 5.91 Å². The molecule has 1 N–H and O–H groups in total. The third-order valence-corrected chi connectivity index (χ3v) is 4.74. The zero-order chi connectivity index (χ0) is 16.9. The number of carbonyl (C=O) groups excluding carboxylic acids is 1. The van der Waals surface area contributed by atoms with Gasteiger partial charge in [-0.3, -0.25) is 4.79 Å². The van der Waals surface area contributed by atoms with Crippen molar-refractivity contribution in [2.24, 2.45) is 0 Å². The number of aromatic nitrogens is 1. The van der Waals surface area contributed by atoms with Crippen LogP contribution in [0.25, 0.3) is 0 Å². The molecule has 3 rings (SSSR count). The molecule has 1 aliphatic rings. The molecule has 1 aromatic carbocycles.